The van der Waals surface area contributed by atoms with Gasteiger partial charge in [0.1, 0.15) is 0 Å². The average molecular weight is 382 g/mol. The second-order valence-electron chi connectivity index (χ2n) is 7.06. The van der Waals surface area contributed by atoms with Crippen LogP contribution in [0.3, 0.4) is 0 Å². The Morgan fingerprint density at radius 3 is 2.48 bits per heavy atom. The van der Waals surface area contributed by atoms with Gasteiger partial charge in [-0.25, -0.2) is 0 Å². The second-order valence-corrected chi connectivity index (χ2v) is 7.87. The quantitative estimate of drug-likeness (QED) is 0.875. The van der Waals surface area contributed by atoms with E-state index >= 15 is 0 Å². The van der Waals surface area contributed by atoms with Gasteiger partial charge < -0.3 is 15.1 Å². The molecule has 0 atom stereocenters. The van der Waals surface area contributed by atoms with Crippen LogP contribution in [-0.4, -0.2) is 49.4 Å². The van der Waals surface area contributed by atoms with Gasteiger partial charge in [-0.05, 0) is 50.0 Å². The molecule has 3 heterocycles. The first-order valence-electron chi connectivity index (χ1n) is 8.83. The molecule has 0 aromatic heterocycles. The minimum Gasteiger partial charge on any atom is -0.341 e. The zero-order chi connectivity index (χ0) is 17.6. The standard InChI is InChI=1S/C18H21Cl2N3O2/c19-13-10-12-15(11-14(13)20)23(9-8-22-7-1-2-16(22)24)17(25)18(12)3-5-21-6-4-18/h10-11,21H,1-9H2. The van der Waals surface area contributed by atoms with Crippen molar-refractivity contribution in [2.75, 3.05) is 37.6 Å². The maximum absolute atomic E-state index is 13.4. The van der Waals surface area contributed by atoms with Crippen LogP contribution in [0.1, 0.15) is 31.2 Å². The number of piperidine rings is 1. The van der Waals surface area contributed by atoms with Gasteiger partial charge in [0.15, 0.2) is 0 Å². The van der Waals surface area contributed by atoms with E-state index in [-0.39, 0.29) is 11.8 Å². The van der Waals surface area contributed by atoms with Crippen molar-refractivity contribution in [2.24, 2.45) is 0 Å². The van der Waals surface area contributed by atoms with E-state index in [9.17, 15) is 9.59 Å². The van der Waals surface area contributed by atoms with Crippen molar-refractivity contribution in [3.63, 3.8) is 0 Å². The third kappa shape index (κ3) is 2.73. The number of amides is 2. The fourth-order valence-electron chi connectivity index (χ4n) is 4.35. The number of benzene rings is 1. The highest BCUT2D eigenvalue weighted by atomic mass is 35.5. The third-order valence-corrected chi connectivity index (χ3v) is 6.44. The Bertz CT molecular complexity index is 731. The Kier molecular flexibility index (Phi) is 4.42. The van der Waals surface area contributed by atoms with Crippen LogP contribution >= 0.6 is 23.2 Å². The van der Waals surface area contributed by atoms with E-state index in [1.165, 1.54) is 0 Å². The molecule has 0 saturated carbocycles. The lowest BCUT2D eigenvalue weighted by Crippen LogP contribution is -2.48. The second kappa shape index (κ2) is 6.45. The van der Waals surface area contributed by atoms with Crippen LogP contribution in [0.4, 0.5) is 5.69 Å². The van der Waals surface area contributed by atoms with Crippen molar-refractivity contribution in [3.05, 3.63) is 27.7 Å². The summed E-state index contributed by atoms with van der Waals surface area (Å²) in [6, 6.07) is 3.67. The van der Waals surface area contributed by atoms with Crippen LogP contribution in [0.25, 0.3) is 0 Å². The highest BCUT2D eigenvalue weighted by Gasteiger charge is 2.51. The number of hydrogen-bond donors (Lipinski definition) is 1. The number of likely N-dealkylation sites (tertiary alicyclic amines) is 1. The molecule has 25 heavy (non-hydrogen) atoms. The van der Waals surface area contributed by atoms with Crippen molar-refractivity contribution in [1.82, 2.24) is 10.2 Å². The molecule has 7 heteroatoms. The van der Waals surface area contributed by atoms with Gasteiger partial charge in [0.05, 0.1) is 15.5 Å². The van der Waals surface area contributed by atoms with Gasteiger partial charge >= 0.3 is 0 Å². The van der Waals surface area contributed by atoms with Gasteiger partial charge in [0.25, 0.3) is 0 Å². The average Bonchev–Trinajstić information content (AvgIpc) is 3.10. The molecule has 2 fully saturated rings. The molecule has 1 spiro atoms. The number of hydrogen-bond acceptors (Lipinski definition) is 3. The van der Waals surface area contributed by atoms with Crippen LogP contribution < -0.4 is 10.2 Å². The maximum Gasteiger partial charge on any atom is 0.237 e. The summed E-state index contributed by atoms with van der Waals surface area (Å²) in [7, 11) is 0. The largest absolute Gasteiger partial charge is 0.341 e. The molecule has 1 N–H and O–H groups in total. The van der Waals surface area contributed by atoms with Gasteiger partial charge in [0, 0.05) is 31.7 Å². The number of anilines is 1. The summed E-state index contributed by atoms with van der Waals surface area (Å²) in [5, 5.41) is 4.28. The Morgan fingerprint density at radius 2 is 1.80 bits per heavy atom. The van der Waals surface area contributed by atoms with E-state index in [4.69, 9.17) is 23.2 Å². The molecule has 134 valence electrons. The molecule has 0 aliphatic carbocycles. The zero-order valence-electron chi connectivity index (χ0n) is 14.0. The molecule has 4 rings (SSSR count). The normalized spacial score (nSPS) is 22.2. The van der Waals surface area contributed by atoms with E-state index in [0.29, 0.717) is 29.6 Å². The number of carbonyl (C=O) groups excluding carboxylic acids is 2. The molecule has 0 unspecified atom stereocenters. The first kappa shape index (κ1) is 17.1. The topological polar surface area (TPSA) is 52.7 Å². The molecule has 3 aliphatic rings. The Morgan fingerprint density at radius 1 is 1.08 bits per heavy atom. The molecule has 3 aliphatic heterocycles. The SMILES string of the molecule is O=C1CCCN1CCN1C(=O)C2(CCNCC2)c2cc(Cl)c(Cl)cc21. The highest BCUT2D eigenvalue weighted by Crippen LogP contribution is 2.49. The first-order chi connectivity index (χ1) is 12.0. The van der Waals surface area contributed by atoms with E-state index in [1.807, 2.05) is 15.9 Å². The van der Waals surface area contributed by atoms with Crippen LogP contribution in [0.5, 0.6) is 0 Å². The molecule has 0 radical (unpaired) electrons. The fraction of sp³-hybridized carbons (Fsp3) is 0.556. The lowest BCUT2D eigenvalue weighted by Gasteiger charge is -2.33. The van der Waals surface area contributed by atoms with Gasteiger partial charge in [-0.15, -0.1) is 0 Å². The lowest BCUT2D eigenvalue weighted by molar-refractivity contribution is -0.128. The van der Waals surface area contributed by atoms with Crippen LogP contribution in [0.15, 0.2) is 12.1 Å². The van der Waals surface area contributed by atoms with E-state index in [1.54, 1.807) is 6.07 Å². The molecule has 2 amide bonds. The maximum atomic E-state index is 13.4. The molecular formula is C18H21Cl2N3O2. The van der Waals surface area contributed by atoms with Gasteiger partial charge in [-0.2, -0.15) is 0 Å². The number of carbonyl (C=O) groups is 2. The van der Waals surface area contributed by atoms with E-state index in [2.05, 4.69) is 5.32 Å². The number of fused-ring (bicyclic) bond motifs is 2. The zero-order valence-corrected chi connectivity index (χ0v) is 15.5. The molecule has 2 saturated heterocycles. The van der Waals surface area contributed by atoms with Crippen LogP contribution in [0.2, 0.25) is 10.0 Å². The molecular weight excluding hydrogens is 361 g/mol. The lowest BCUT2D eigenvalue weighted by atomic mass is 9.74. The molecule has 1 aromatic carbocycles. The van der Waals surface area contributed by atoms with Gasteiger partial charge in [-0.1, -0.05) is 23.2 Å². The number of nitrogens with zero attached hydrogens (tertiary/aromatic N) is 2. The number of halogens is 2. The van der Waals surface area contributed by atoms with E-state index < -0.39 is 5.41 Å². The predicted octanol–water partition coefficient (Wildman–Crippen LogP) is 2.58. The highest BCUT2D eigenvalue weighted by molar-refractivity contribution is 6.42. The minimum absolute atomic E-state index is 0.119. The molecule has 0 bridgehead atoms. The molecule has 1 aromatic rings. The summed E-state index contributed by atoms with van der Waals surface area (Å²) in [6.45, 7) is 3.47. The summed E-state index contributed by atoms with van der Waals surface area (Å²) >= 11 is 12.5. The van der Waals surface area contributed by atoms with Crippen molar-refractivity contribution in [1.29, 1.82) is 0 Å². The van der Waals surface area contributed by atoms with Crippen molar-refractivity contribution < 1.29 is 9.59 Å². The summed E-state index contributed by atoms with van der Waals surface area (Å²) in [4.78, 5) is 28.9. The van der Waals surface area contributed by atoms with Crippen molar-refractivity contribution in [3.8, 4) is 0 Å². The van der Waals surface area contributed by atoms with Crippen molar-refractivity contribution >= 4 is 40.7 Å². The Labute approximate surface area is 157 Å². The summed E-state index contributed by atoms with van der Waals surface area (Å²) in [5.74, 6) is 0.298. The minimum atomic E-state index is -0.510. The number of nitrogens with one attached hydrogen (secondary N) is 1. The first-order valence-corrected chi connectivity index (χ1v) is 9.58. The summed E-state index contributed by atoms with van der Waals surface area (Å²) in [6.07, 6.45) is 3.04. The van der Waals surface area contributed by atoms with Gasteiger partial charge in [-0.3, -0.25) is 9.59 Å². The van der Waals surface area contributed by atoms with Crippen LogP contribution in [0, 0.1) is 0 Å². The van der Waals surface area contributed by atoms with E-state index in [0.717, 1.165) is 50.1 Å². The predicted molar refractivity (Wildman–Crippen MR) is 98.4 cm³/mol. The summed E-state index contributed by atoms with van der Waals surface area (Å²) in [5.41, 5.74) is 1.33. The van der Waals surface area contributed by atoms with Crippen LogP contribution in [-0.2, 0) is 15.0 Å². The summed E-state index contributed by atoms with van der Waals surface area (Å²) < 4.78 is 0. The Hall–Kier alpha value is -1.30. The third-order valence-electron chi connectivity index (χ3n) is 5.72. The fourth-order valence-corrected chi connectivity index (χ4v) is 4.67. The number of rotatable bonds is 3. The van der Waals surface area contributed by atoms with Gasteiger partial charge in [0.2, 0.25) is 11.8 Å². The molecule has 5 nitrogen and oxygen atoms in total. The monoisotopic (exact) mass is 381 g/mol. The van der Waals surface area contributed by atoms with Crippen molar-refractivity contribution in [2.45, 2.75) is 31.1 Å². The Balaban J connectivity index is 1.67. The smallest absolute Gasteiger partial charge is 0.237 e.